The summed E-state index contributed by atoms with van der Waals surface area (Å²) >= 11 is 0. The molecule has 0 bridgehead atoms. The number of carbonyl (C=O) groups is 2. The van der Waals surface area contributed by atoms with Gasteiger partial charge in [-0.05, 0) is 124 Å². The zero-order valence-electron chi connectivity index (χ0n) is 61.4. The first-order valence-corrected chi connectivity index (χ1v) is 37.7. The van der Waals surface area contributed by atoms with Gasteiger partial charge in [0, 0.05) is 141 Å². The molecular formula is C74H92Cu4F12N10O10P2. The number of nitrogens with zero attached hydrogens (tertiary/aromatic N) is 10. The van der Waals surface area contributed by atoms with Gasteiger partial charge in [-0.15, -0.1) is 23.7 Å². The van der Waals surface area contributed by atoms with Gasteiger partial charge in [0.15, 0.2) is 0 Å². The molecule has 4 aromatic heterocycles. The van der Waals surface area contributed by atoms with Crippen LogP contribution in [0.4, 0.5) is 50.4 Å². The number of carboxylic acids is 2. The fourth-order valence-electron chi connectivity index (χ4n) is 8.98. The van der Waals surface area contributed by atoms with E-state index in [4.69, 9.17) is 30.0 Å². The summed E-state index contributed by atoms with van der Waals surface area (Å²) in [6.07, 6.45) is 11.0. The standard InChI is InChI=1S/2C33H38N5O2.2C2H4O2.2C2H6O.4Cu.2F6P/c2*39-32(16-20-34-24-29-12-4-5-15-33(29)40)17-21-37(25-28-10-2-1-3-11-28)22-23-38(26-30-13-6-8-18-35-30)27-31-14-7-9-19-36-31;2*1-2(3)4;2*1-2-3;;;;;2*1-7(2,3,4,5)6/h2*1-15,18-19,24,32,40H,16-17,20-23,25-27H2;2*1H3,(H,3,4);2*3H,2H2,1H3;;;;;;/q2*-1;;;;;4*+2;2*-1/p-4/t2*32-;;;;;;;;;;/m10........../s1. The molecule has 0 aliphatic heterocycles. The predicted octanol–water partition coefficient (Wildman–Crippen LogP) is 11.6. The second kappa shape index (κ2) is 57.2. The van der Waals surface area contributed by atoms with Crippen LogP contribution >= 0.6 is 15.6 Å². The number of pyridine rings is 4. The first kappa shape index (κ1) is 111. The van der Waals surface area contributed by atoms with Gasteiger partial charge in [-0.2, -0.15) is 0 Å². The average molecular weight is 1830 g/mol. The van der Waals surface area contributed by atoms with Gasteiger partial charge in [0.2, 0.25) is 0 Å². The smallest absolute Gasteiger partial charge is 0.872 e. The molecule has 38 heteroatoms. The quantitative estimate of drug-likeness (QED) is 0.0171. The number of benzene rings is 4. The van der Waals surface area contributed by atoms with Crippen molar-refractivity contribution in [2.75, 3.05) is 65.6 Å². The molecule has 0 unspecified atom stereocenters. The van der Waals surface area contributed by atoms with Gasteiger partial charge in [-0.25, -0.2) is 0 Å². The molecule has 636 valence electrons. The molecule has 0 aliphatic rings. The number of aliphatic hydroxyl groups excluding tert-OH is 2. The van der Waals surface area contributed by atoms with Gasteiger partial charge in [-0.1, -0.05) is 146 Å². The number of para-hydroxylation sites is 2. The zero-order valence-corrected chi connectivity index (χ0v) is 66.9. The van der Waals surface area contributed by atoms with E-state index >= 15 is 0 Å². The van der Waals surface area contributed by atoms with E-state index in [2.05, 4.69) is 98.1 Å². The van der Waals surface area contributed by atoms with Crippen LogP contribution in [0.25, 0.3) is 0 Å². The van der Waals surface area contributed by atoms with Crippen LogP contribution in [-0.2, 0) is 117 Å². The number of hydrogen-bond acceptors (Lipinski definition) is 20. The summed E-state index contributed by atoms with van der Waals surface area (Å²) < 4.78 is 118. The van der Waals surface area contributed by atoms with Crippen LogP contribution in [0.1, 0.15) is 98.4 Å². The summed E-state index contributed by atoms with van der Waals surface area (Å²) in [6.45, 7) is 15.8. The number of aromatic nitrogens is 4. The van der Waals surface area contributed by atoms with E-state index < -0.39 is 39.8 Å². The number of rotatable bonds is 32. The molecule has 0 saturated heterocycles. The predicted molar refractivity (Wildman–Crippen MR) is 385 cm³/mol. The van der Waals surface area contributed by atoms with Crippen molar-refractivity contribution in [2.24, 2.45) is 9.98 Å². The van der Waals surface area contributed by atoms with Crippen molar-refractivity contribution in [2.45, 2.75) is 105 Å². The molecule has 8 rings (SSSR count). The fourth-order valence-corrected chi connectivity index (χ4v) is 8.98. The Bertz CT molecular complexity index is 3420. The Balaban J connectivity index is -0.000000757. The Morgan fingerprint density at radius 2 is 0.607 bits per heavy atom. The normalized spacial score (nSPS) is 12.5. The largest absolute Gasteiger partial charge is 2.00 e. The van der Waals surface area contributed by atoms with E-state index in [0.29, 0.717) is 63.0 Å². The zero-order chi connectivity index (χ0) is 81.0. The summed E-state index contributed by atoms with van der Waals surface area (Å²) in [7, 11) is -21.3. The number of carbonyl (C=O) groups excluding carboxylic acids is 2. The SMILES string of the molecule is CC(=O)[O-].CC(=O)[O-].CCO.CCO.F[P-](F)(F)(F)(F)F.F[P-](F)(F)(F)(F)F.[Cu+2].[Cu+2].[Cu+2].[Cu+2].[O-]c1ccccc1C=NCC[C@@H]([O-])CCN(CCN(Cc1ccccn1)Cc1ccccn1)Cc1ccccc1.[O-]c1ccccc1C=NCC[C@H]([O-])CCN(CCN(Cc1ccccn1)Cc1ccccn1)Cc1ccccc1. The molecule has 112 heavy (non-hydrogen) atoms. The number of halogens is 12. The minimum Gasteiger partial charge on any atom is -0.872 e. The monoisotopic (exact) mass is 1820 g/mol. The summed E-state index contributed by atoms with van der Waals surface area (Å²) in [4.78, 5) is 54.0. The first-order valence-electron chi connectivity index (χ1n) is 33.6. The molecule has 8 aromatic rings. The van der Waals surface area contributed by atoms with Crippen LogP contribution in [0.15, 0.2) is 217 Å². The molecule has 20 nitrogen and oxygen atoms in total. The molecule has 4 aromatic carbocycles. The number of aliphatic hydroxyl groups is 2. The van der Waals surface area contributed by atoms with Gasteiger partial charge >= 0.3 is 134 Å². The number of aliphatic carboxylic acids is 2. The Kier molecular flexibility index (Phi) is 56.9. The minimum absolute atomic E-state index is 0. The van der Waals surface area contributed by atoms with Gasteiger partial charge < -0.3 is 50.4 Å². The number of hydrogen-bond donors (Lipinski definition) is 2. The summed E-state index contributed by atoms with van der Waals surface area (Å²) in [5.41, 5.74) is 7.65. The first-order chi connectivity index (χ1) is 50.5. The summed E-state index contributed by atoms with van der Waals surface area (Å²) in [5, 5.41) is 82.1. The van der Waals surface area contributed by atoms with Crippen molar-refractivity contribution in [1.29, 1.82) is 0 Å². The Hall–Kier alpha value is -6.86. The topological polar surface area (TPSA) is 302 Å². The maximum atomic E-state index is 12.8. The Morgan fingerprint density at radius 1 is 0.384 bits per heavy atom. The average Bonchev–Trinajstić information content (AvgIpc) is 0.796. The summed E-state index contributed by atoms with van der Waals surface area (Å²) in [6, 6.07) is 58.3. The molecule has 0 spiro atoms. The maximum absolute atomic E-state index is 12.8. The van der Waals surface area contributed by atoms with Crippen molar-refractivity contribution in [1.82, 2.24) is 39.5 Å². The second-order valence-corrected chi connectivity index (χ2v) is 27.1. The van der Waals surface area contributed by atoms with Crippen LogP contribution in [0.2, 0.25) is 0 Å². The molecule has 0 saturated carbocycles. The molecule has 2 N–H and O–H groups in total. The molecule has 0 amide bonds. The van der Waals surface area contributed by atoms with Crippen molar-refractivity contribution in [3.8, 4) is 11.5 Å². The number of aliphatic imine (C=N–C) groups is 2. The van der Waals surface area contributed by atoms with E-state index in [0.717, 1.165) is 102 Å². The van der Waals surface area contributed by atoms with Gasteiger partial charge in [0.25, 0.3) is 0 Å². The van der Waals surface area contributed by atoms with E-state index in [1.54, 1.807) is 50.5 Å². The van der Waals surface area contributed by atoms with Crippen LogP contribution in [0.5, 0.6) is 11.5 Å². The van der Waals surface area contributed by atoms with Gasteiger partial charge in [0.05, 0.1) is 22.8 Å². The third-order valence-corrected chi connectivity index (χ3v) is 13.4. The van der Waals surface area contributed by atoms with Gasteiger partial charge in [-0.3, -0.25) is 49.5 Å². The second-order valence-electron chi connectivity index (χ2n) is 23.3. The molecular weight excluding hydrogens is 1730 g/mol. The van der Waals surface area contributed by atoms with E-state index in [1.807, 2.05) is 122 Å². The molecule has 0 fully saturated rings. The fraction of sp³-hybridized carbons (Fsp3) is 0.351. The summed E-state index contributed by atoms with van der Waals surface area (Å²) in [5.74, 6) is -2.27. The van der Waals surface area contributed by atoms with Crippen molar-refractivity contribution in [3.05, 3.63) is 252 Å². The third-order valence-electron chi connectivity index (χ3n) is 13.4. The molecule has 4 radical (unpaired) electrons. The van der Waals surface area contributed by atoms with E-state index in [9.17, 15) is 70.8 Å². The third kappa shape index (κ3) is 73.3. The van der Waals surface area contributed by atoms with Gasteiger partial charge in [0.1, 0.15) is 0 Å². The van der Waals surface area contributed by atoms with Crippen molar-refractivity contribution >= 4 is 40.0 Å². The van der Waals surface area contributed by atoms with Crippen molar-refractivity contribution in [3.63, 3.8) is 0 Å². The van der Waals surface area contributed by atoms with Crippen molar-refractivity contribution < 1.29 is 169 Å². The number of carboxylic acid groups (broad SMARTS) is 2. The molecule has 0 aliphatic carbocycles. The van der Waals surface area contributed by atoms with E-state index in [1.165, 1.54) is 23.3 Å². The van der Waals surface area contributed by atoms with Crippen LogP contribution in [-0.4, -0.2) is 152 Å². The van der Waals surface area contributed by atoms with E-state index in [-0.39, 0.29) is 93.0 Å². The minimum atomic E-state index is -10.7. The molecule has 4 heterocycles. The van der Waals surface area contributed by atoms with Crippen LogP contribution in [0, 0.1) is 0 Å². The maximum Gasteiger partial charge on any atom is 2.00 e. The van der Waals surface area contributed by atoms with Crippen LogP contribution < -0.4 is 30.6 Å². The molecule has 2 atom stereocenters. The Morgan fingerprint density at radius 3 is 0.839 bits per heavy atom. The Labute approximate surface area is 688 Å². The van der Waals surface area contributed by atoms with Crippen LogP contribution in [0.3, 0.4) is 0 Å².